The molecule has 0 aliphatic heterocycles. The number of nitrogens with one attached hydrogen (secondary N) is 1. The van der Waals surface area contributed by atoms with Gasteiger partial charge in [-0.05, 0) is 12.5 Å². The highest BCUT2D eigenvalue weighted by Gasteiger charge is 2.02. The number of ether oxygens (including phenoxy) is 1. The molecule has 0 saturated heterocycles. The highest BCUT2D eigenvalue weighted by molar-refractivity contribution is 5.86. The van der Waals surface area contributed by atoms with Crippen LogP contribution in [0.25, 0.3) is 0 Å². The van der Waals surface area contributed by atoms with Gasteiger partial charge in [-0.1, -0.05) is 18.7 Å². The lowest BCUT2D eigenvalue weighted by molar-refractivity contribution is -0.116. The van der Waals surface area contributed by atoms with Gasteiger partial charge in [-0.3, -0.25) is 4.79 Å². The summed E-state index contributed by atoms with van der Waals surface area (Å²) in [5.41, 5.74) is 0.915. The predicted octanol–water partition coefficient (Wildman–Crippen LogP) is 1.06. The second kappa shape index (κ2) is 6.79. The summed E-state index contributed by atoms with van der Waals surface area (Å²) in [6.07, 6.45) is 2.07. The van der Waals surface area contributed by atoms with Crippen LogP contribution in [0.2, 0.25) is 0 Å². The van der Waals surface area contributed by atoms with Crippen molar-refractivity contribution in [1.29, 1.82) is 0 Å². The van der Waals surface area contributed by atoms with Crippen molar-refractivity contribution in [2.24, 2.45) is 0 Å². The summed E-state index contributed by atoms with van der Waals surface area (Å²) in [4.78, 5) is 10.8. The number of carbonyl (C=O) groups is 1. The minimum absolute atomic E-state index is 0.198. The standard InChI is InChI=1S/C11H16N2O3/c1-3-9-7-10(16-13-9)8-15-6-5-12-11(14)4-2/h4,7H,2-3,5-6,8H2,1H3,(H,12,14). The third-order valence-electron chi connectivity index (χ3n) is 1.95. The Morgan fingerprint density at radius 2 is 2.56 bits per heavy atom. The van der Waals surface area contributed by atoms with Crippen LogP contribution < -0.4 is 5.32 Å². The Kier molecular flexibility index (Phi) is 5.28. The third-order valence-corrected chi connectivity index (χ3v) is 1.95. The van der Waals surface area contributed by atoms with Crippen molar-refractivity contribution in [3.63, 3.8) is 0 Å². The molecule has 1 rings (SSSR count). The highest BCUT2D eigenvalue weighted by atomic mass is 16.5. The van der Waals surface area contributed by atoms with Crippen molar-refractivity contribution in [2.45, 2.75) is 20.0 Å². The normalized spacial score (nSPS) is 10.1. The second-order valence-corrected chi connectivity index (χ2v) is 3.19. The first-order chi connectivity index (χ1) is 7.76. The van der Waals surface area contributed by atoms with Crippen LogP contribution in [-0.2, 0) is 22.6 Å². The number of hydrogen-bond donors (Lipinski definition) is 1. The van der Waals surface area contributed by atoms with E-state index >= 15 is 0 Å². The van der Waals surface area contributed by atoms with Crippen LogP contribution in [0.3, 0.4) is 0 Å². The molecule has 1 amide bonds. The zero-order valence-corrected chi connectivity index (χ0v) is 9.36. The van der Waals surface area contributed by atoms with Crippen LogP contribution in [0.4, 0.5) is 0 Å². The molecule has 0 aliphatic rings. The lowest BCUT2D eigenvalue weighted by atomic mass is 10.3. The van der Waals surface area contributed by atoms with E-state index in [2.05, 4.69) is 17.1 Å². The SMILES string of the molecule is C=CC(=O)NCCOCc1cc(CC)no1. The van der Waals surface area contributed by atoms with Crippen molar-refractivity contribution in [3.05, 3.63) is 30.2 Å². The molecule has 0 spiro atoms. The first-order valence-corrected chi connectivity index (χ1v) is 5.18. The van der Waals surface area contributed by atoms with E-state index in [1.807, 2.05) is 13.0 Å². The lowest BCUT2D eigenvalue weighted by Gasteiger charge is -2.02. The molecule has 5 heteroatoms. The minimum atomic E-state index is -0.198. The van der Waals surface area contributed by atoms with Crippen LogP contribution in [0.15, 0.2) is 23.2 Å². The molecule has 0 unspecified atom stereocenters. The van der Waals surface area contributed by atoms with Crippen molar-refractivity contribution in [1.82, 2.24) is 10.5 Å². The Hall–Kier alpha value is -1.62. The first kappa shape index (κ1) is 12.4. The second-order valence-electron chi connectivity index (χ2n) is 3.19. The Bertz CT molecular complexity index is 347. The summed E-state index contributed by atoms with van der Waals surface area (Å²) < 4.78 is 10.3. The van der Waals surface area contributed by atoms with Crippen LogP contribution in [0, 0.1) is 0 Å². The van der Waals surface area contributed by atoms with Gasteiger partial charge in [-0.15, -0.1) is 0 Å². The van der Waals surface area contributed by atoms with Crippen molar-refractivity contribution in [2.75, 3.05) is 13.2 Å². The first-order valence-electron chi connectivity index (χ1n) is 5.18. The number of aromatic nitrogens is 1. The van der Waals surface area contributed by atoms with E-state index in [1.54, 1.807) is 0 Å². The van der Waals surface area contributed by atoms with E-state index in [1.165, 1.54) is 6.08 Å². The number of amides is 1. The van der Waals surface area contributed by atoms with Crippen LogP contribution in [0.1, 0.15) is 18.4 Å². The molecule has 0 atom stereocenters. The molecule has 0 radical (unpaired) electrons. The molecule has 0 aromatic carbocycles. The number of carbonyl (C=O) groups excluding carboxylic acids is 1. The summed E-state index contributed by atoms with van der Waals surface area (Å²) in [6, 6.07) is 1.86. The maximum absolute atomic E-state index is 10.8. The average molecular weight is 224 g/mol. The molecule has 0 fully saturated rings. The Morgan fingerprint density at radius 3 is 3.19 bits per heavy atom. The van der Waals surface area contributed by atoms with Gasteiger partial charge in [-0.2, -0.15) is 0 Å². The summed E-state index contributed by atoms with van der Waals surface area (Å²) in [5.74, 6) is 0.503. The number of aryl methyl sites for hydroxylation is 1. The van der Waals surface area contributed by atoms with Gasteiger partial charge in [0, 0.05) is 12.6 Å². The fraction of sp³-hybridized carbons (Fsp3) is 0.455. The molecule has 5 nitrogen and oxygen atoms in total. The molecule has 0 bridgehead atoms. The molecule has 0 saturated carbocycles. The Balaban J connectivity index is 2.11. The van der Waals surface area contributed by atoms with Gasteiger partial charge in [0.15, 0.2) is 5.76 Å². The molecule has 1 aromatic heterocycles. The fourth-order valence-electron chi connectivity index (χ4n) is 1.08. The molecule has 1 N–H and O–H groups in total. The number of nitrogens with zero attached hydrogens (tertiary/aromatic N) is 1. The van der Waals surface area contributed by atoms with Gasteiger partial charge in [0.05, 0.1) is 12.3 Å². The smallest absolute Gasteiger partial charge is 0.243 e. The van der Waals surface area contributed by atoms with Crippen molar-refractivity contribution >= 4 is 5.91 Å². The molecular formula is C11H16N2O3. The lowest BCUT2D eigenvalue weighted by Crippen LogP contribution is -2.25. The van der Waals surface area contributed by atoms with Gasteiger partial charge >= 0.3 is 0 Å². The fourth-order valence-corrected chi connectivity index (χ4v) is 1.08. The Morgan fingerprint density at radius 1 is 1.75 bits per heavy atom. The zero-order valence-electron chi connectivity index (χ0n) is 9.36. The van der Waals surface area contributed by atoms with E-state index in [0.717, 1.165) is 12.1 Å². The van der Waals surface area contributed by atoms with Crippen LogP contribution in [0.5, 0.6) is 0 Å². The largest absolute Gasteiger partial charge is 0.372 e. The third kappa shape index (κ3) is 4.27. The molecule has 0 aliphatic carbocycles. The minimum Gasteiger partial charge on any atom is -0.372 e. The maximum Gasteiger partial charge on any atom is 0.243 e. The van der Waals surface area contributed by atoms with Gasteiger partial charge in [0.1, 0.15) is 6.61 Å². The van der Waals surface area contributed by atoms with Gasteiger partial charge in [0.2, 0.25) is 5.91 Å². The summed E-state index contributed by atoms with van der Waals surface area (Å²) >= 11 is 0. The van der Waals surface area contributed by atoms with Gasteiger partial charge in [-0.25, -0.2) is 0 Å². The molecule has 88 valence electrons. The van der Waals surface area contributed by atoms with E-state index in [0.29, 0.717) is 25.5 Å². The van der Waals surface area contributed by atoms with Gasteiger partial charge < -0.3 is 14.6 Å². The van der Waals surface area contributed by atoms with E-state index < -0.39 is 0 Å². The quantitative estimate of drug-likeness (QED) is 0.555. The summed E-state index contributed by atoms with van der Waals surface area (Å²) in [6.45, 7) is 6.61. The maximum atomic E-state index is 10.8. The Labute approximate surface area is 94.5 Å². The van der Waals surface area contributed by atoms with Crippen molar-refractivity contribution < 1.29 is 14.1 Å². The molecule has 1 aromatic rings. The topological polar surface area (TPSA) is 64.4 Å². The van der Waals surface area contributed by atoms with Gasteiger partial charge in [0.25, 0.3) is 0 Å². The van der Waals surface area contributed by atoms with E-state index in [9.17, 15) is 4.79 Å². The number of rotatable bonds is 7. The highest BCUT2D eigenvalue weighted by Crippen LogP contribution is 2.05. The predicted molar refractivity (Wildman–Crippen MR) is 58.7 cm³/mol. The average Bonchev–Trinajstić information content (AvgIpc) is 2.76. The zero-order chi connectivity index (χ0) is 11.8. The van der Waals surface area contributed by atoms with Crippen LogP contribution in [-0.4, -0.2) is 24.2 Å². The van der Waals surface area contributed by atoms with E-state index in [-0.39, 0.29) is 5.91 Å². The molecule has 16 heavy (non-hydrogen) atoms. The van der Waals surface area contributed by atoms with E-state index in [4.69, 9.17) is 9.26 Å². The molecule has 1 heterocycles. The number of hydrogen-bond acceptors (Lipinski definition) is 4. The summed E-state index contributed by atoms with van der Waals surface area (Å²) in [5, 5.41) is 6.44. The van der Waals surface area contributed by atoms with Crippen molar-refractivity contribution in [3.8, 4) is 0 Å². The monoisotopic (exact) mass is 224 g/mol. The summed E-state index contributed by atoms with van der Waals surface area (Å²) in [7, 11) is 0. The molecular weight excluding hydrogens is 208 g/mol. The van der Waals surface area contributed by atoms with Crippen LogP contribution >= 0.6 is 0 Å².